The van der Waals surface area contributed by atoms with Crippen molar-refractivity contribution in [3.8, 4) is 0 Å². The number of carbonyl (C=O) groups is 4. The van der Waals surface area contributed by atoms with E-state index in [1.54, 1.807) is 29.2 Å². The molecule has 9 nitrogen and oxygen atoms in total. The van der Waals surface area contributed by atoms with Crippen LogP contribution in [0.2, 0.25) is 5.02 Å². The third-order valence-electron chi connectivity index (χ3n) is 7.31. The zero-order chi connectivity index (χ0) is 27.3. The fourth-order valence-electron chi connectivity index (χ4n) is 5.25. The number of benzene rings is 1. The number of alkyl carbamates (subject to hydrolysis) is 1. The number of ether oxygens (including phenoxy) is 2. The molecule has 38 heavy (non-hydrogen) atoms. The molecule has 1 unspecified atom stereocenters. The average Bonchev–Trinajstić information content (AvgIpc) is 3.26. The Bertz CT molecular complexity index is 939. The molecular formula is C28H40ClN3O6. The molecule has 1 saturated carbocycles. The van der Waals surface area contributed by atoms with Gasteiger partial charge < -0.3 is 29.8 Å². The van der Waals surface area contributed by atoms with Gasteiger partial charge in [0.2, 0.25) is 11.8 Å². The normalized spacial score (nSPS) is 19.6. The lowest BCUT2D eigenvalue weighted by Gasteiger charge is -2.27. The largest absolute Gasteiger partial charge is 0.445 e. The molecule has 2 aliphatic rings. The van der Waals surface area contributed by atoms with Crippen LogP contribution in [-0.2, 0) is 30.5 Å². The van der Waals surface area contributed by atoms with E-state index >= 15 is 0 Å². The first-order chi connectivity index (χ1) is 18.4. The number of nitrogens with one attached hydrogen (secondary N) is 2. The molecule has 3 amide bonds. The van der Waals surface area contributed by atoms with Gasteiger partial charge in [-0.05, 0) is 49.8 Å². The van der Waals surface area contributed by atoms with Crippen molar-refractivity contribution in [2.24, 2.45) is 11.8 Å². The van der Waals surface area contributed by atoms with E-state index in [4.69, 9.17) is 21.1 Å². The second kappa shape index (κ2) is 15.7. The van der Waals surface area contributed by atoms with Gasteiger partial charge in [0.1, 0.15) is 18.9 Å². The minimum absolute atomic E-state index is 0.0186. The minimum Gasteiger partial charge on any atom is -0.445 e. The highest BCUT2D eigenvalue weighted by atomic mass is 35.5. The van der Waals surface area contributed by atoms with Crippen molar-refractivity contribution < 1.29 is 28.7 Å². The molecule has 10 heteroatoms. The van der Waals surface area contributed by atoms with Crippen molar-refractivity contribution in [1.82, 2.24) is 15.5 Å². The summed E-state index contributed by atoms with van der Waals surface area (Å²) in [5, 5.41) is 6.01. The monoisotopic (exact) mass is 549 g/mol. The van der Waals surface area contributed by atoms with Crippen molar-refractivity contribution in [1.29, 1.82) is 0 Å². The molecule has 3 atom stereocenters. The third-order valence-corrected chi connectivity index (χ3v) is 7.54. The summed E-state index contributed by atoms with van der Waals surface area (Å²) in [5.41, 5.74) is 0.735. The van der Waals surface area contributed by atoms with Gasteiger partial charge in [-0.15, -0.1) is 0 Å². The average molecular weight is 550 g/mol. The molecule has 3 rings (SSSR count). The number of carbonyl (C=O) groups excluding carboxylic acids is 4. The molecule has 0 aromatic heterocycles. The molecule has 1 saturated heterocycles. The summed E-state index contributed by atoms with van der Waals surface area (Å²) in [4.78, 5) is 52.2. The van der Waals surface area contributed by atoms with Gasteiger partial charge in [-0.25, -0.2) is 4.79 Å². The van der Waals surface area contributed by atoms with Crippen molar-refractivity contribution >= 4 is 35.8 Å². The zero-order valence-corrected chi connectivity index (χ0v) is 22.9. The van der Waals surface area contributed by atoms with E-state index in [0.29, 0.717) is 56.4 Å². The molecule has 1 aromatic rings. The summed E-state index contributed by atoms with van der Waals surface area (Å²) in [7, 11) is 0. The van der Waals surface area contributed by atoms with Crippen LogP contribution in [0.4, 0.5) is 4.79 Å². The highest BCUT2D eigenvalue weighted by Gasteiger charge is 2.34. The molecule has 1 heterocycles. The second-order valence-corrected chi connectivity index (χ2v) is 10.6. The summed E-state index contributed by atoms with van der Waals surface area (Å²) in [6, 6.07) is 5.35. The number of rotatable bonds is 14. The quantitative estimate of drug-likeness (QED) is 0.269. The fourth-order valence-corrected chi connectivity index (χ4v) is 5.46. The van der Waals surface area contributed by atoms with E-state index in [2.05, 4.69) is 10.6 Å². The van der Waals surface area contributed by atoms with Crippen LogP contribution >= 0.6 is 11.6 Å². The topological polar surface area (TPSA) is 114 Å². The van der Waals surface area contributed by atoms with Gasteiger partial charge in [-0.2, -0.15) is 0 Å². The number of hydrogen-bond acceptors (Lipinski definition) is 6. The van der Waals surface area contributed by atoms with Gasteiger partial charge in [0.25, 0.3) is 0 Å². The first-order valence-corrected chi connectivity index (χ1v) is 14.1. The van der Waals surface area contributed by atoms with Crippen molar-refractivity contribution in [3.63, 3.8) is 0 Å². The van der Waals surface area contributed by atoms with Crippen LogP contribution in [0.5, 0.6) is 0 Å². The van der Waals surface area contributed by atoms with E-state index in [1.807, 2.05) is 6.92 Å². The lowest BCUT2D eigenvalue weighted by molar-refractivity contribution is -0.132. The van der Waals surface area contributed by atoms with Gasteiger partial charge >= 0.3 is 6.09 Å². The maximum atomic E-state index is 13.3. The number of halogens is 1. The van der Waals surface area contributed by atoms with Gasteiger partial charge in [-0.3, -0.25) is 9.59 Å². The molecule has 1 aliphatic carbocycles. The van der Waals surface area contributed by atoms with Gasteiger partial charge in [0, 0.05) is 30.6 Å². The Kier molecular flexibility index (Phi) is 12.3. The summed E-state index contributed by atoms with van der Waals surface area (Å²) in [5.74, 6) is -0.490. The maximum Gasteiger partial charge on any atom is 0.408 e. The Labute approximate surface area is 229 Å². The van der Waals surface area contributed by atoms with Gasteiger partial charge in [-0.1, -0.05) is 55.8 Å². The number of amides is 3. The molecule has 0 radical (unpaired) electrons. The summed E-state index contributed by atoms with van der Waals surface area (Å²) < 4.78 is 10.7. The van der Waals surface area contributed by atoms with Gasteiger partial charge in [0.05, 0.1) is 12.6 Å². The first kappa shape index (κ1) is 29.9. The Morgan fingerprint density at radius 1 is 1.16 bits per heavy atom. The Morgan fingerprint density at radius 2 is 1.95 bits per heavy atom. The number of hydrogen-bond donors (Lipinski definition) is 2. The number of likely N-dealkylation sites (tertiary alicyclic amines) is 1. The predicted octanol–water partition coefficient (Wildman–Crippen LogP) is 3.86. The predicted molar refractivity (Wildman–Crippen MR) is 144 cm³/mol. The lowest BCUT2D eigenvalue weighted by Crippen LogP contribution is -2.51. The first-order valence-electron chi connectivity index (χ1n) is 13.7. The Balaban J connectivity index is 1.56. The molecule has 210 valence electrons. The highest BCUT2D eigenvalue weighted by molar-refractivity contribution is 6.30. The molecule has 1 aliphatic heterocycles. The van der Waals surface area contributed by atoms with E-state index in [9.17, 15) is 19.2 Å². The van der Waals surface area contributed by atoms with Crippen LogP contribution in [-0.4, -0.2) is 67.5 Å². The summed E-state index contributed by atoms with van der Waals surface area (Å²) in [6.45, 7) is 4.12. The minimum atomic E-state index is -0.839. The Hall–Kier alpha value is -2.65. The van der Waals surface area contributed by atoms with Gasteiger partial charge in [0.15, 0.2) is 0 Å². The smallest absolute Gasteiger partial charge is 0.408 e. The zero-order valence-electron chi connectivity index (χ0n) is 22.2. The number of nitrogens with zero attached hydrogens (tertiary/aromatic N) is 1. The van der Waals surface area contributed by atoms with E-state index in [1.165, 1.54) is 6.42 Å². The fraction of sp³-hybridized carbons (Fsp3) is 0.643. The van der Waals surface area contributed by atoms with E-state index < -0.39 is 24.1 Å². The maximum absolute atomic E-state index is 13.3. The molecule has 2 fully saturated rings. The van der Waals surface area contributed by atoms with Crippen molar-refractivity contribution in [2.45, 2.75) is 77.0 Å². The molecule has 2 N–H and O–H groups in total. The molecule has 0 bridgehead atoms. The Morgan fingerprint density at radius 3 is 2.66 bits per heavy atom. The third kappa shape index (κ3) is 9.58. The van der Waals surface area contributed by atoms with Crippen molar-refractivity contribution in [3.05, 3.63) is 34.9 Å². The van der Waals surface area contributed by atoms with Crippen LogP contribution in [0.1, 0.15) is 63.9 Å². The van der Waals surface area contributed by atoms with E-state index in [0.717, 1.165) is 31.2 Å². The van der Waals surface area contributed by atoms with E-state index in [-0.39, 0.29) is 24.9 Å². The lowest BCUT2D eigenvalue weighted by atomic mass is 9.84. The summed E-state index contributed by atoms with van der Waals surface area (Å²) in [6.07, 6.45) is 6.64. The summed E-state index contributed by atoms with van der Waals surface area (Å²) >= 11 is 6.00. The van der Waals surface area contributed by atoms with Crippen LogP contribution in [0.3, 0.4) is 0 Å². The second-order valence-electron chi connectivity index (χ2n) is 10.1. The van der Waals surface area contributed by atoms with Crippen LogP contribution < -0.4 is 10.6 Å². The van der Waals surface area contributed by atoms with Crippen LogP contribution in [0.25, 0.3) is 0 Å². The van der Waals surface area contributed by atoms with Crippen LogP contribution in [0, 0.1) is 11.8 Å². The SMILES string of the molecule is CCOCCN1CCC(C[C@@H](C=O)NC(=O)[C@H](CC2CCCCC2)NC(=O)OCc2cccc(Cl)c2)C1=O. The molecular weight excluding hydrogens is 510 g/mol. The molecule has 0 spiro atoms. The molecule has 1 aromatic carbocycles. The standard InChI is InChI=1S/C28H40ClN3O6/c1-2-37-14-13-32-12-11-22(27(32)35)17-24(18-33)30-26(34)25(16-20-7-4-3-5-8-20)31-28(36)38-19-21-9-6-10-23(29)15-21/h6,9-10,15,18,20,22,24-25H,2-5,7-8,11-14,16-17,19H2,1H3,(H,30,34)(H,31,36)/t22?,24-,25-/m0/s1. The van der Waals surface area contributed by atoms with Crippen molar-refractivity contribution in [2.75, 3.05) is 26.3 Å². The van der Waals surface area contributed by atoms with Crippen LogP contribution in [0.15, 0.2) is 24.3 Å². The number of aldehydes is 1. The highest BCUT2D eigenvalue weighted by Crippen LogP contribution is 2.28.